The molecule has 3 heteroatoms. The second-order valence-electron chi connectivity index (χ2n) is 2.19. The Hall–Kier alpha value is -1.91. The van der Waals surface area contributed by atoms with Crippen LogP contribution in [0.3, 0.4) is 0 Å². The number of hydrogen-bond donors (Lipinski definition) is 0. The first-order valence-corrected chi connectivity index (χ1v) is 3.37. The minimum atomic E-state index is 0.335. The number of carbonyl (C=O) groups excluding carboxylic acids is 1. The Morgan fingerprint density at radius 3 is 2.58 bits per heavy atom. The van der Waals surface area contributed by atoms with E-state index >= 15 is 0 Å². The first kappa shape index (κ1) is 8.19. The summed E-state index contributed by atoms with van der Waals surface area (Å²) in [5.41, 5.74) is 1.50. The standard InChI is InChI=1S/C9H6N2O/c1-10-9-4-2-8(3-5-9)6-11-7-12/h2-5H,6H2. The molecule has 0 bridgehead atoms. The number of benzene rings is 1. The average molecular weight is 158 g/mol. The van der Waals surface area contributed by atoms with Crippen LogP contribution in [0.25, 0.3) is 4.85 Å². The van der Waals surface area contributed by atoms with E-state index in [-0.39, 0.29) is 0 Å². The molecule has 0 atom stereocenters. The van der Waals surface area contributed by atoms with Crippen LogP contribution in [0.15, 0.2) is 29.3 Å². The van der Waals surface area contributed by atoms with Gasteiger partial charge in [0, 0.05) is 0 Å². The second kappa shape index (κ2) is 4.07. The zero-order valence-corrected chi connectivity index (χ0v) is 6.32. The summed E-state index contributed by atoms with van der Waals surface area (Å²) < 4.78 is 0. The minimum Gasteiger partial charge on any atom is -0.238 e. The van der Waals surface area contributed by atoms with Gasteiger partial charge in [0.15, 0.2) is 5.69 Å². The first-order valence-electron chi connectivity index (χ1n) is 3.37. The number of isocyanates is 1. The van der Waals surface area contributed by atoms with Crippen molar-refractivity contribution in [2.45, 2.75) is 6.54 Å². The van der Waals surface area contributed by atoms with E-state index < -0.39 is 0 Å². The van der Waals surface area contributed by atoms with Gasteiger partial charge in [-0.05, 0) is 5.56 Å². The van der Waals surface area contributed by atoms with Crippen LogP contribution in [0.2, 0.25) is 0 Å². The molecule has 1 aromatic rings. The van der Waals surface area contributed by atoms with Gasteiger partial charge in [0.25, 0.3) is 0 Å². The van der Waals surface area contributed by atoms with Gasteiger partial charge in [0.2, 0.25) is 6.08 Å². The lowest BCUT2D eigenvalue weighted by molar-refractivity contribution is 0.563. The van der Waals surface area contributed by atoms with Crippen molar-refractivity contribution in [3.05, 3.63) is 41.2 Å². The fraction of sp³-hybridized carbons (Fsp3) is 0.111. The third-order valence-electron chi connectivity index (χ3n) is 1.39. The van der Waals surface area contributed by atoms with E-state index in [0.29, 0.717) is 12.2 Å². The van der Waals surface area contributed by atoms with Crippen LogP contribution < -0.4 is 0 Å². The van der Waals surface area contributed by atoms with Gasteiger partial charge >= 0.3 is 0 Å². The molecule has 0 fully saturated rings. The predicted octanol–water partition coefficient (Wildman–Crippen LogP) is 2.07. The Balaban J connectivity index is 2.79. The summed E-state index contributed by atoms with van der Waals surface area (Å²) in [6, 6.07) is 6.94. The lowest BCUT2D eigenvalue weighted by atomic mass is 10.2. The van der Waals surface area contributed by atoms with Gasteiger partial charge in [-0.15, -0.1) is 0 Å². The maximum atomic E-state index is 9.76. The monoisotopic (exact) mass is 158 g/mol. The molecular formula is C9H6N2O. The summed E-state index contributed by atoms with van der Waals surface area (Å²) in [6.07, 6.45) is 1.46. The molecule has 0 amide bonds. The zero-order valence-electron chi connectivity index (χ0n) is 6.32. The van der Waals surface area contributed by atoms with Crippen molar-refractivity contribution in [2.24, 2.45) is 4.99 Å². The van der Waals surface area contributed by atoms with E-state index in [9.17, 15) is 4.79 Å². The normalized spacial score (nSPS) is 8.25. The van der Waals surface area contributed by atoms with E-state index in [4.69, 9.17) is 6.57 Å². The maximum absolute atomic E-state index is 9.76. The van der Waals surface area contributed by atoms with Gasteiger partial charge in [0.1, 0.15) is 0 Å². The minimum absolute atomic E-state index is 0.335. The Labute approximate surface area is 70.2 Å². The Bertz CT molecular complexity index is 342. The van der Waals surface area contributed by atoms with Crippen molar-refractivity contribution < 1.29 is 4.79 Å². The van der Waals surface area contributed by atoms with Crippen molar-refractivity contribution in [1.29, 1.82) is 0 Å². The van der Waals surface area contributed by atoms with Crippen LogP contribution in [0.1, 0.15) is 5.56 Å². The number of aliphatic imine (C=N–C) groups is 1. The van der Waals surface area contributed by atoms with Crippen molar-refractivity contribution >= 4 is 11.8 Å². The molecule has 1 aromatic carbocycles. The molecule has 12 heavy (non-hydrogen) atoms. The van der Waals surface area contributed by atoms with Crippen LogP contribution in [-0.4, -0.2) is 6.08 Å². The highest BCUT2D eigenvalue weighted by molar-refractivity contribution is 5.45. The lowest BCUT2D eigenvalue weighted by Gasteiger charge is -1.93. The highest BCUT2D eigenvalue weighted by atomic mass is 16.1. The molecule has 58 valence electrons. The molecule has 0 aromatic heterocycles. The molecule has 0 saturated heterocycles. The molecule has 0 radical (unpaired) electrons. The molecule has 3 nitrogen and oxygen atoms in total. The largest absolute Gasteiger partial charge is 0.238 e. The summed E-state index contributed by atoms with van der Waals surface area (Å²) in [7, 11) is 0. The third-order valence-corrected chi connectivity index (χ3v) is 1.39. The highest BCUT2D eigenvalue weighted by Crippen LogP contribution is 2.12. The molecule has 0 heterocycles. The maximum Gasteiger partial charge on any atom is 0.235 e. The molecule has 0 N–H and O–H groups in total. The quantitative estimate of drug-likeness (QED) is 0.368. The Morgan fingerprint density at radius 1 is 1.42 bits per heavy atom. The van der Waals surface area contributed by atoms with E-state index in [1.165, 1.54) is 6.08 Å². The van der Waals surface area contributed by atoms with E-state index in [1.54, 1.807) is 24.3 Å². The smallest absolute Gasteiger partial charge is 0.235 e. The third kappa shape index (κ3) is 2.05. The summed E-state index contributed by atoms with van der Waals surface area (Å²) in [5.74, 6) is 0. The van der Waals surface area contributed by atoms with Crippen LogP contribution in [0.5, 0.6) is 0 Å². The molecule has 0 aliphatic heterocycles. The van der Waals surface area contributed by atoms with Crippen molar-refractivity contribution in [2.75, 3.05) is 0 Å². The van der Waals surface area contributed by atoms with Gasteiger partial charge in [-0.3, -0.25) is 0 Å². The van der Waals surface area contributed by atoms with Crippen molar-refractivity contribution in [3.63, 3.8) is 0 Å². The topological polar surface area (TPSA) is 33.8 Å². The second-order valence-corrected chi connectivity index (χ2v) is 2.19. The first-order chi connectivity index (χ1) is 5.86. The van der Waals surface area contributed by atoms with Gasteiger partial charge < -0.3 is 0 Å². The molecule has 0 aliphatic rings. The van der Waals surface area contributed by atoms with Gasteiger partial charge in [0.05, 0.1) is 13.1 Å². The highest BCUT2D eigenvalue weighted by Gasteiger charge is 1.91. The number of hydrogen-bond acceptors (Lipinski definition) is 2. The van der Waals surface area contributed by atoms with Crippen LogP contribution in [0.4, 0.5) is 5.69 Å². The molecule has 0 aliphatic carbocycles. The van der Waals surface area contributed by atoms with E-state index in [2.05, 4.69) is 9.84 Å². The van der Waals surface area contributed by atoms with Gasteiger partial charge in [-0.1, -0.05) is 24.3 Å². The zero-order chi connectivity index (χ0) is 8.81. The van der Waals surface area contributed by atoms with Gasteiger partial charge in [-0.25, -0.2) is 14.6 Å². The summed E-state index contributed by atoms with van der Waals surface area (Å²) in [4.78, 5) is 16.4. The van der Waals surface area contributed by atoms with Crippen molar-refractivity contribution in [1.82, 2.24) is 0 Å². The molecule has 0 spiro atoms. The van der Waals surface area contributed by atoms with E-state index in [0.717, 1.165) is 5.56 Å². The summed E-state index contributed by atoms with van der Waals surface area (Å²) >= 11 is 0. The molecular weight excluding hydrogens is 152 g/mol. The average Bonchev–Trinajstić information content (AvgIpc) is 2.15. The molecule has 1 rings (SSSR count). The number of rotatable bonds is 2. The fourth-order valence-corrected chi connectivity index (χ4v) is 0.799. The molecule has 0 unspecified atom stereocenters. The van der Waals surface area contributed by atoms with Crippen molar-refractivity contribution in [3.8, 4) is 0 Å². The van der Waals surface area contributed by atoms with Crippen LogP contribution >= 0.6 is 0 Å². The van der Waals surface area contributed by atoms with E-state index in [1.807, 2.05) is 0 Å². The predicted molar refractivity (Wildman–Crippen MR) is 44.5 cm³/mol. The van der Waals surface area contributed by atoms with Crippen LogP contribution in [-0.2, 0) is 11.3 Å². The lowest BCUT2D eigenvalue weighted by Crippen LogP contribution is -1.78. The summed E-state index contributed by atoms with van der Waals surface area (Å²) in [6.45, 7) is 7.03. The van der Waals surface area contributed by atoms with Crippen LogP contribution in [0, 0.1) is 6.57 Å². The Kier molecular flexibility index (Phi) is 2.78. The SMILES string of the molecule is [C-]#[N+]c1ccc(CN=C=O)cc1. The summed E-state index contributed by atoms with van der Waals surface area (Å²) in [5, 5.41) is 0. The Morgan fingerprint density at radius 2 is 2.08 bits per heavy atom. The molecule has 0 saturated carbocycles. The fourth-order valence-electron chi connectivity index (χ4n) is 0.799. The number of nitrogens with zero attached hydrogens (tertiary/aromatic N) is 2. The van der Waals surface area contributed by atoms with Gasteiger partial charge in [-0.2, -0.15) is 0 Å².